The molecule has 1 unspecified atom stereocenters. The van der Waals surface area contributed by atoms with Crippen LogP contribution >= 0.6 is 11.6 Å². The molecule has 0 heterocycles. The number of methoxy groups -OCH3 is 1. The van der Waals surface area contributed by atoms with Crippen molar-refractivity contribution < 1.29 is 4.74 Å². The summed E-state index contributed by atoms with van der Waals surface area (Å²) in [5, 5.41) is 0.751. The minimum Gasteiger partial charge on any atom is -0.377 e. The average molecular weight is 225 g/mol. The molecule has 0 radical (unpaired) electrons. The first kappa shape index (κ1) is 12.3. The Morgan fingerprint density at radius 2 is 2.13 bits per heavy atom. The Morgan fingerprint density at radius 3 is 2.67 bits per heavy atom. The summed E-state index contributed by atoms with van der Waals surface area (Å²) >= 11 is 5.99. The smallest absolute Gasteiger partial charge is 0.0799 e. The highest BCUT2D eigenvalue weighted by atomic mass is 35.5. The maximum Gasteiger partial charge on any atom is 0.0799 e. The van der Waals surface area contributed by atoms with Gasteiger partial charge in [0.15, 0.2) is 0 Å². The van der Waals surface area contributed by atoms with Gasteiger partial charge in [0.1, 0.15) is 0 Å². The van der Waals surface area contributed by atoms with Gasteiger partial charge in [-0.2, -0.15) is 0 Å². The maximum absolute atomic E-state index is 5.99. The highest BCUT2D eigenvalue weighted by molar-refractivity contribution is 6.30. The van der Waals surface area contributed by atoms with Gasteiger partial charge < -0.3 is 4.74 Å². The zero-order valence-corrected chi connectivity index (χ0v) is 10.4. The Kier molecular flexibility index (Phi) is 4.37. The summed E-state index contributed by atoms with van der Waals surface area (Å²) in [4.78, 5) is 0. The fourth-order valence-corrected chi connectivity index (χ4v) is 1.69. The van der Waals surface area contributed by atoms with E-state index in [0.717, 1.165) is 10.6 Å². The average Bonchev–Trinajstić information content (AvgIpc) is 2.26. The predicted octanol–water partition coefficient (Wildman–Crippen LogP) is 4.47. The Morgan fingerprint density at radius 1 is 1.47 bits per heavy atom. The topological polar surface area (TPSA) is 9.23 Å². The van der Waals surface area contributed by atoms with E-state index in [2.05, 4.69) is 13.0 Å². The molecule has 0 aliphatic carbocycles. The molecule has 1 aromatic rings. The van der Waals surface area contributed by atoms with Gasteiger partial charge in [-0.05, 0) is 49.6 Å². The molecule has 1 aromatic carbocycles. The van der Waals surface area contributed by atoms with E-state index >= 15 is 0 Å². The van der Waals surface area contributed by atoms with Crippen molar-refractivity contribution in [2.24, 2.45) is 0 Å². The van der Waals surface area contributed by atoms with Gasteiger partial charge in [0.2, 0.25) is 0 Å². The Balaban J connectivity index is 3.26. The molecule has 0 N–H and O–H groups in total. The number of hydrogen-bond donors (Lipinski definition) is 0. The summed E-state index contributed by atoms with van der Waals surface area (Å²) in [6.07, 6.45) is 2.16. The van der Waals surface area contributed by atoms with Crippen molar-refractivity contribution in [2.75, 3.05) is 7.11 Å². The Bertz CT molecular complexity index is 369. The van der Waals surface area contributed by atoms with Crippen molar-refractivity contribution in [3.63, 3.8) is 0 Å². The van der Waals surface area contributed by atoms with E-state index in [1.165, 1.54) is 11.1 Å². The van der Waals surface area contributed by atoms with Crippen molar-refractivity contribution in [3.8, 4) is 0 Å². The van der Waals surface area contributed by atoms with Gasteiger partial charge >= 0.3 is 0 Å². The minimum absolute atomic E-state index is 0.0635. The van der Waals surface area contributed by atoms with Crippen LogP contribution in [0.4, 0.5) is 0 Å². The standard InChI is InChI=1S/C13H17ClO/c1-5-9(2)12-7-6-11(14)8-13(12)10(3)15-4/h5-8,10H,1-4H3. The molecular formula is C13H17ClO. The van der Waals surface area contributed by atoms with E-state index < -0.39 is 0 Å². The third-order valence-electron chi connectivity index (χ3n) is 2.66. The van der Waals surface area contributed by atoms with Gasteiger partial charge in [0.25, 0.3) is 0 Å². The lowest BCUT2D eigenvalue weighted by Gasteiger charge is -2.16. The number of allylic oxidation sites excluding steroid dienone is 2. The van der Waals surface area contributed by atoms with Crippen LogP contribution in [-0.4, -0.2) is 7.11 Å². The van der Waals surface area contributed by atoms with E-state index in [4.69, 9.17) is 16.3 Å². The van der Waals surface area contributed by atoms with Crippen LogP contribution in [0.5, 0.6) is 0 Å². The molecule has 0 saturated heterocycles. The molecule has 0 aromatic heterocycles. The molecular weight excluding hydrogens is 208 g/mol. The van der Waals surface area contributed by atoms with Gasteiger partial charge in [-0.15, -0.1) is 0 Å². The molecule has 0 spiro atoms. The van der Waals surface area contributed by atoms with Gasteiger partial charge in [0.05, 0.1) is 6.10 Å². The molecule has 82 valence electrons. The van der Waals surface area contributed by atoms with Crippen LogP contribution in [0.1, 0.15) is 38.0 Å². The highest BCUT2D eigenvalue weighted by Gasteiger charge is 2.11. The lowest BCUT2D eigenvalue weighted by atomic mass is 9.97. The van der Waals surface area contributed by atoms with Gasteiger partial charge in [-0.3, -0.25) is 0 Å². The summed E-state index contributed by atoms with van der Waals surface area (Å²) in [5.74, 6) is 0. The Hall–Kier alpha value is -0.790. The van der Waals surface area contributed by atoms with Gasteiger partial charge in [-0.25, -0.2) is 0 Å². The SMILES string of the molecule is CC=C(C)c1ccc(Cl)cc1C(C)OC. The van der Waals surface area contributed by atoms with Crippen molar-refractivity contribution in [3.05, 3.63) is 40.4 Å². The normalized spacial score (nSPS) is 14.1. The third kappa shape index (κ3) is 2.83. The summed E-state index contributed by atoms with van der Waals surface area (Å²) in [7, 11) is 1.71. The molecule has 0 fully saturated rings. The fourth-order valence-electron chi connectivity index (χ4n) is 1.51. The van der Waals surface area contributed by atoms with Crippen LogP contribution < -0.4 is 0 Å². The van der Waals surface area contributed by atoms with Crippen molar-refractivity contribution in [1.29, 1.82) is 0 Å². The fraction of sp³-hybridized carbons (Fsp3) is 0.385. The number of hydrogen-bond acceptors (Lipinski definition) is 1. The van der Waals surface area contributed by atoms with E-state index in [9.17, 15) is 0 Å². The lowest BCUT2D eigenvalue weighted by molar-refractivity contribution is 0.119. The molecule has 15 heavy (non-hydrogen) atoms. The zero-order valence-electron chi connectivity index (χ0n) is 9.67. The molecule has 0 saturated carbocycles. The second-order valence-electron chi connectivity index (χ2n) is 3.58. The van der Waals surface area contributed by atoms with Crippen molar-refractivity contribution in [1.82, 2.24) is 0 Å². The van der Waals surface area contributed by atoms with Crippen LogP contribution in [0, 0.1) is 0 Å². The first-order valence-electron chi connectivity index (χ1n) is 5.05. The minimum atomic E-state index is 0.0635. The first-order valence-corrected chi connectivity index (χ1v) is 5.43. The molecule has 2 heteroatoms. The number of benzene rings is 1. The summed E-state index contributed by atoms with van der Waals surface area (Å²) < 4.78 is 5.34. The zero-order chi connectivity index (χ0) is 11.4. The van der Waals surface area contributed by atoms with Crippen molar-refractivity contribution >= 4 is 17.2 Å². The molecule has 0 amide bonds. The van der Waals surface area contributed by atoms with E-state index in [1.807, 2.05) is 32.0 Å². The second-order valence-corrected chi connectivity index (χ2v) is 4.02. The third-order valence-corrected chi connectivity index (χ3v) is 2.90. The summed E-state index contributed by atoms with van der Waals surface area (Å²) in [6, 6.07) is 5.93. The molecule has 1 rings (SSSR count). The monoisotopic (exact) mass is 224 g/mol. The number of halogens is 1. The van der Waals surface area contributed by atoms with Crippen LogP contribution in [0.15, 0.2) is 24.3 Å². The van der Waals surface area contributed by atoms with Crippen LogP contribution in [0.25, 0.3) is 5.57 Å². The summed E-state index contributed by atoms with van der Waals surface area (Å²) in [6.45, 7) is 6.15. The molecule has 0 aliphatic rings. The Labute approximate surface area is 96.7 Å². The number of ether oxygens (including phenoxy) is 1. The quantitative estimate of drug-likeness (QED) is 0.736. The maximum atomic E-state index is 5.99. The lowest BCUT2D eigenvalue weighted by Crippen LogP contribution is -2.00. The van der Waals surface area contributed by atoms with Crippen LogP contribution in [-0.2, 0) is 4.74 Å². The van der Waals surface area contributed by atoms with Crippen molar-refractivity contribution in [2.45, 2.75) is 26.9 Å². The van der Waals surface area contributed by atoms with Crippen LogP contribution in [0.2, 0.25) is 5.02 Å². The van der Waals surface area contributed by atoms with Gasteiger partial charge in [0, 0.05) is 12.1 Å². The van der Waals surface area contributed by atoms with Gasteiger partial charge in [-0.1, -0.05) is 23.7 Å². The van der Waals surface area contributed by atoms with E-state index in [0.29, 0.717) is 0 Å². The molecule has 1 nitrogen and oxygen atoms in total. The highest BCUT2D eigenvalue weighted by Crippen LogP contribution is 2.28. The predicted molar refractivity (Wildman–Crippen MR) is 66.2 cm³/mol. The largest absolute Gasteiger partial charge is 0.377 e. The van der Waals surface area contributed by atoms with E-state index in [1.54, 1.807) is 7.11 Å². The first-order chi connectivity index (χ1) is 7.10. The number of rotatable bonds is 3. The van der Waals surface area contributed by atoms with E-state index in [-0.39, 0.29) is 6.10 Å². The second kappa shape index (κ2) is 5.34. The summed E-state index contributed by atoms with van der Waals surface area (Å²) in [5.41, 5.74) is 3.59. The molecule has 0 bridgehead atoms. The molecule has 0 aliphatic heterocycles. The molecule has 1 atom stereocenters. The van der Waals surface area contributed by atoms with Crippen LogP contribution in [0.3, 0.4) is 0 Å².